The molecule has 5 aromatic rings. The van der Waals surface area contributed by atoms with Gasteiger partial charge in [-0.15, -0.1) is 0 Å². The number of carbonyl (C=O) groups is 4. The maximum Gasteiger partial charge on any atom is 0.306 e. The van der Waals surface area contributed by atoms with Crippen molar-refractivity contribution in [3.8, 4) is 33.6 Å². The van der Waals surface area contributed by atoms with E-state index in [4.69, 9.17) is 19.4 Å². The number of amides is 2. The van der Waals surface area contributed by atoms with Gasteiger partial charge in [0, 0.05) is 24.2 Å². The highest BCUT2D eigenvalue weighted by molar-refractivity contribution is 5.92. The molecule has 2 aliphatic carbocycles. The first kappa shape index (κ1) is 45.4. The number of nitrogens with one attached hydrogen (secondary N) is 2. The minimum absolute atomic E-state index is 0.00174. The molecule has 2 aromatic heterocycles. The number of methoxy groups -OCH3 is 2. The van der Waals surface area contributed by atoms with E-state index >= 15 is 0 Å². The van der Waals surface area contributed by atoms with Crippen LogP contribution in [0.15, 0.2) is 60.9 Å². The van der Waals surface area contributed by atoms with Crippen LogP contribution in [0.2, 0.25) is 0 Å². The molecule has 4 aliphatic rings. The van der Waals surface area contributed by atoms with Crippen molar-refractivity contribution in [2.75, 3.05) is 27.3 Å². The van der Waals surface area contributed by atoms with Crippen LogP contribution in [0, 0.1) is 29.1 Å². The second kappa shape index (κ2) is 18.8. The number of fused-ring (bicyclic) bond motifs is 2. The van der Waals surface area contributed by atoms with Crippen LogP contribution in [-0.2, 0) is 41.5 Å². The summed E-state index contributed by atoms with van der Waals surface area (Å²) in [6.45, 7) is 9.24. The number of benzene rings is 3. The van der Waals surface area contributed by atoms with Gasteiger partial charge in [-0.05, 0) is 114 Å². The smallest absolute Gasteiger partial charge is 0.306 e. The van der Waals surface area contributed by atoms with Crippen LogP contribution in [0.1, 0.15) is 133 Å². The first-order valence-corrected chi connectivity index (χ1v) is 24.4. The van der Waals surface area contributed by atoms with E-state index in [1.807, 2.05) is 49.9 Å². The van der Waals surface area contributed by atoms with E-state index in [2.05, 4.69) is 58.5 Å². The molecule has 0 radical (unpaired) electrons. The molecule has 2 unspecified atom stereocenters. The van der Waals surface area contributed by atoms with E-state index in [-0.39, 0.29) is 65.9 Å². The minimum atomic E-state index is -0.437. The largest absolute Gasteiger partial charge is 0.469 e. The fourth-order valence-corrected chi connectivity index (χ4v) is 11.8. The van der Waals surface area contributed by atoms with E-state index in [9.17, 15) is 19.2 Å². The van der Waals surface area contributed by atoms with Gasteiger partial charge in [-0.25, -0.2) is 9.97 Å². The van der Waals surface area contributed by atoms with Gasteiger partial charge in [0.05, 0.1) is 74.8 Å². The molecule has 2 saturated heterocycles. The molecule has 3 aromatic carbocycles. The molecular formula is C54H66N6O6. The lowest BCUT2D eigenvalue weighted by molar-refractivity contribution is -0.148. The fraction of sp³-hybridized carbons (Fsp3) is 0.519. The fourth-order valence-electron chi connectivity index (χ4n) is 11.8. The van der Waals surface area contributed by atoms with Crippen molar-refractivity contribution in [1.29, 1.82) is 0 Å². The van der Waals surface area contributed by atoms with Crippen molar-refractivity contribution in [3.05, 3.63) is 83.7 Å². The number of hydrogen-bond acceptors (Lipinski definition) is 8. The molecule has 4 heterocycles. The van der Waals surface area contributed by atoms with Crippen molar-refractivity contribution in [1.82, 2.24) is 29.7 Å². The summed E-state index contributed by atoms with van der Waals surface area (Å²) in [5.41, 5.74) is 9.76. The molecule has 0 bridgehead atoms. The van der Waals surface area contributed by atoms with Gasteiger partial charge >= 0.3 is 11.9 Å². The van der Waals surface area contributed by atoms with Gasteiger partial charge in [-0.1, -0.05) is 83.4 Å². The standard InChI is InChI=1S/C54H66N6O6/c1-32(2)40(26-48(61)65-5)52(63)59-22-10-12-46(59)50-55-30-44(57-50)37-17-15-34-24-36(16-14-35(34)25-37)38-18-19-39(43-29-54(28-42(38)43)20-8-7-9-21-54)45-31-56-51(58-45)47-13-11-23-60(47)53(64)41(33(3)4)27-49(62)66-6/h14-19,24-25,30-33,40-41,46-47H,7-13,20-23,26-29H2,1-6H3,(H,55,57)(H,56,58)/t40-,41-,46?,47?/m0/s1. The lowest BCUT2D eigenvalue weighted by Gasteiger charge is -2.33. The molecule has 9 rings (SSSR count). The van der Waals surface area contributed by atoms with Gasteiger partial charge in [0.15, 0.2) is 0 Å². The van der Waals surface area contributed by atoms with Gasteiger partial charge in [-0.2, -0.15) is 0 Å². The number of likely N-dealkylation sites (tertiary alicyclic amines) is 2. The quantitative estimate of drug-likeness (QED) is 0.111. The average Bonchev–Trinajstić information content (AvgIpc) is 4.18. The summed E-state index contributed by atoms with van der Waals surface area (Å²) < 4.78 is 9.87. The number of esters is 2. The third-order valence-electron chi connectivity index (χ3n) is 15.6. The van der Waals surface area contributed by atoms with Gasteiger partial charge < -0.3 is 29.2 Å². The summed E-state index contributed by atoms with van der Waals surface area (Å²) in [6.07, 6.45) is 15.9. The Labute approximate surface area is 388 Å². The number of rotatable bonds is 13. The monoisotopic (exact) mass is 895 g/mol. The molecule has 12 nitrogen and oxygen atoms in total. The number of carbonyl (C=O) groups excluding carboxylic acids is 4. The molecule has 2 amide bonds. The molecule has 2 N–H and O–H groups in total. The summed E-state index contributed by atoms with van der Waals surface area (Å²) >= 11 is 0. The second-order valence-electron chi connectivity index (χ2n) is 20.3. The summed E-state index contributed by atoms with van der Waals surface area (Å²) in [7, 11) is 2.74. The van der Waals surface area contributed by atoms with Crippen LogP contribution in [0.3, 0.4) is 0 Å². The van der Waals surface area contributed by atoms with Crippen LogP contribution in [-0.4, -0.2) is 80.8 Å². The third kappa shape index (κ3) is 8.79. The Morgan fingerprint density at radius 3 is 1.67 bits per heavy atom. The van der Waals surface area contributed by atoms with Crippen molar-refractivity contribution in [2.24, 2.45) is 29.1 Å². The molecule has 1 saturated carbocycles. The Hall–Kier alpha value is -5.78. The number of nitrogens with zero attached hydrogens (tertiary/aromatic N) is 4. The number of H-pyrrole nitrogens is 2. The zero-order chi connectivity index (χ0) is 46.3. The van der Waals surface area contributed by atoms with Crippen LogP contribution in [0.4, 0.5) is 0 Å². The highest BCUT2D eigenvalue weighted by atomic mass is 16.5. The van der Waals surface area contributed by atoms with Crippen LogP contribution >= 0.6 is 0 Å². The Kier molecular flexibility index (Phi) is 13.0. The molecule has 66 heavy (non-hydrogen) atoms. The molecule has 12 heteroatoms. The predicted molar refractivity (Wildman–Crippen MR) is 255 cm³/mol. The van der Waals surface area contributed by atoms with E-state index in [1.165, 1.54) is 74.1 Å². The summed E-state index contributed by atoms with van der Waals surface area (Å²) in [5.74, 6) is -0.0177. The number of imidazole rings is 2. The van der Waals surface area contributed by atoms with Crippen molar-refractivity contribution in [3.63, 3.8) is 0 Å². The zero-order valence-corrected chi connectivity index (χ0v) is 39.6. The Bertz CT molecular complexity index is 2620. The molecule has 4 atom stereocenters. The first-order valence-electron chi connectivity index (χ1n) is 24.4. The SMILES string of the molecule is COC(=O)C[C@H](C(=O)N1CCCC1c1ncc(-c2ccc3cc(-c4ccc(-c5cnc(C6CCCN6C(=O)[C@@H](CC(=O)OC)C(C)C)[nH]5)c5c4CC4(CCCCC4)C5)ccc3c2)[nH]1)C(C)C. The van der Waals surface area contributed by atoms with Gasteiger partial charge in [0.25, 0.3) is 0 Å². The van der Waals surface area contributed by atoms with Crippen molar-refractivity contribution < 1.29 is 28.7 Å². The Morgan fingerprint density at radius 2 is 1.12 bits per heavy atom. The summed E-state index contributed by atoms with van der Waals surface area (Å²) in [5, 5.41) is 2.30. The maximum atomic E-state index is 13.9. The molecule has 348 valence electrons. The van der Waals surface area contributed by atoms with Crippen LogP contribution < -0.4 is 0 Å². The lowest BCUT2D eigenvalue weighted by Crippen LogP contribution is -2.39. The maximum absolute atomic E-state index is 13.9. The second-order valence-corrected chi connectivity index (χ2v) is 20.3. The number of aromatic nitrogens is 4. The number of hydrogen-bond donors (Lipinski definition) is 2. The summed E-state index contributed by atoms with van der Waals surface area (Å²) in [4.78, 5) is 73.0. The minimum Gasteiger partial charge on any atom is -0.469 e. The average molecular weight is 895 g/mol. The van der Waals surface area contributed by atoms with Crippen molar-refractivity contribution >= 4 is 34.5 Å². The van der Waals surface area contributed by atoms with Gasteiger partial charge in [-0.3, -0.25) is 19.2 Å². The molecule has 1 spiro atoms. The molecular weight excluding hydrogens is 829 g/mol. The van der Waals surface area contributed by atoms with E-state index in [1.54, 1.807) is 0 Å². The predicted octanol–water partition coefficient (Wildman–Crippen LogP) is 10.3. The van der Waals surface area contributed by atoms with Gasteiger partial charge in [0.1, 0.15) is 11.6 Å². The van der Waals surface area contributed by atoms with Crippen LogP contribution in [0.5, 0.6) is 0 Å². The lowest BCUT2D eigenvalue weighted by atomic mass is 9.72. The van der Waals surface area contributed by atoms with Crippen molar-refractivity contribution in [2.45, 2.75) is 123 Å². The molecule has 2 aliphatic heterocycles. The normalized spacial score (nSPS) is 20.1. The topological polar surface area (TPSA) is 151 Å². The highest BCUT2D eigenvalue weighted by Gasteiger charge is 2.42. The third-order valence-corrected chi connectivity index (χ3v) is 15.6. The highest BCUT2D eigenvalue weighted by Crippen LogP contribution is 2.52. The zero-order valence-electron chi connectivity index (χ0n) is 39.6. The Balaban J connectivity index is 0.973. The summed E-state index contributed by atoms with van der Waals surface area (Å²) in [6, 6.07) is 17.6. The number of aromatic amines is 2. The molecule has 3 fully saturated rings. The Morgan fingerprint density at radius 1 is 0.636 bits per heavy atom. The van der Waals surface area contributed by atoms with Crippen LogP contribution in [0.25, 0.3) is 44.4 Å². The van der Waals surface area contributed by atoms with Gasteiger partial charge in [0.2, 0.25) is 11.8 Å². The number of ether oxygens (including phenoxy) is 2. The van der Waals surface area contributed by atoms with E-state index in [0.29, 0.717) is 13.1 Å². The van der Waals surface area contributed by atoms with E-state index in [0.717, 1.165) is 77.9 Å². The first-order chi connectivity index (χ1) is 31.9. The van der Waals surface area contributed by atoms with E-state index < -0.39 is 11.8 Å².